The number of amides is 2. The molecule has 0 aliphatic carbocycles. The van der Waals surface area contributed by atoms with Crippen LogP contribution in [-0.4, -0.2) is 35.5 Å². The number of carbonyl (C=O) groups excluding carboxylic acids is 2. The highest BCUT2D eigenvalue weighted by atomic mass is 79.9. The molecule has 0 spiro atoms. The second-order valence-electron chi connectivity index (χ2n) is 4.21. The molecule has 1 atom stereocenters. The standard InChI is InChI=1S/C13H15BrN2O5/c14-8-2-1-3-9(6-8)21-7-12(18)16-10(13(19)20)4-5-11(15)17/h1-3,6,10H,4-5,7H2,(H2,15,17)(H,16,18)(H,19,20). The molecule has 8 heteroatoms. The van der Waals surface area contributed by atoms with Crippen LogP contribution in [0.15, 0.2) is 28.7 Å². The molecule has 0 aliphatic heterocycles. The number of nitrogens with one attached hydrogen (secondary N) is 1. The van der Waals surface area contributed by atoms with E-state index in [0.29, 0.717) is 5.75 Å². The minimum Gasteiger partial charge on any atom is -0.484 e. The maximum Gasteiger partial charge on any atom is 0.326 e. The summed E-state index contributed by atoms with van der Waals surface area (Å²) in [6.07, 6.45) is -0.184. The summed E-state index contributed by atoms with van der Waals surface area (Å²) in [6, 6.07) is 5.71. The van der Waals surface area contributed by atoms with Crippen molar-refractivity contribution in [3.8, 4) is 5.75 Å². The van der Waals surface area contributed by atoms with Crippen LogP contribution < -0.4 is 15.8 Å². The van der Waals surface area contributed by atoms with Gasteiger partial charge in [0.25, 0.3) is 5.91 Å². The average molecular weight is 359 g/mol. The summed E-state index contributed by atoms with van der Waals surface area (Å²) in [7, 11) is 0. The first-order valence-electron chi connectivity index (χ1n) is 6.07. The van der Waals surface area contributed by atoms with Crippen LogP contribution in [0.3, 0.4) is 0 Å². The number of carboxylic acids is 1. The summed E-state index contributed by atoms with van der Waals surface area (Å²) in [4.78, 5) is 33.2. The van der Waals surface area contributed by atoms with Gasteiger partial charge < -0.3 is 20.9 Å². The van der Waals surface area contributed by atoms with Crippen LogP contribution in [-0.2, 0) is 14.4 Å². The second-order valence-corrected chi connectivity index (χ2v) is 5.13. The number of halogens is 1. The molecule has 0 saturated carbocycles. The molecule has 1 rings (SSSR count). The number of benzene rings is 1. The predicted molar refractivity (Wildman–Crippen MR) is 77.6 cm³/mol. The highest BCUT2D eigenvalue weighted by Gasteiger charge is 2.20. The van der Waals surface area contributed by atoms with Gasteiger partial charge in [0.2, 0.25) is 5.91 Å². The molecule has 21 heavy (non-hydrogen) atoms. The van der Waals surface area contributed by atoms with Gasteiger partial charge in [0.1, 0.15) is 11.8 Å². The van der Waals surface area contributed by atoms with Crippen LogP contribution in [0, 0.1) is 0 Å². The van der Waals surface area contributed by atoms with E-state index < -0.39 is 23.8 Å². The first-order valence-corrected chi connectivity index (χ1v) is 6.86. The number of rotatable bonds is 8. The number of carbonyl (C=O) groups is 3. The number of carboxylic acid groups (broad SMARTS) is 1. The Balaban J connectivity index is 2.46. The molecule has 0 fully saturated rings. The highest BCUT2D eigenvalue weighted by Crippen LogP contribution is 2.17. The maximum absolute atomic E-state index is 11.6. The van der Waals surface area contributed by atoms with Gasteiger partial charge in [0, 0.05) is 10.9 Å². The van der Waals surface area contributed by atoms with Crippen molar-refractivity contribution in [2.45, 2.75) is 18.9 Å². The Morgan fingerprint density at radius 2 is 2.10 bits per heavy atom. The Morgan fingerprint density at radius 1 is 1.38 bits per heavy atom. The molecule has 7 nitrogen and oxygen atoms in total. The number of nitrogens with two attached hydrogens (primary N) is 1. The van der Waals surface area contributed by atoms with Gasteiger partial charge in [-0.25, -0.2) is 4.79 Å². The zero-order valence-electron chi connectivity index (χ0n) is 11.0. The van der Waals surface area contributed by atoms with E-state index in [-0.39, 0.29) is 19.4 Å². The Morgan fingerprint density at radius 3 is 2.67 bits per heavy atom. The van der Waals surface area contributed by atoms with E-state index in [4.69, 9.17) is 15.6 Å². The van der Waals surface area contributed by atoms with Crippen molar-refractivity contribution >= 4 is 33.7 Å². The molecule has 0 heterocycles. The van der Waals surface area contributed by atoms with Crippen LogP contribution >= 0.6 is 15.9 Å². The van der Waals surface area contributed by atoms with Crippen molar-refractivity contribution in [2.75, 3.05) is 6.61 Å². The smallest absolute Gasteiger partial charge is 0.326 e. The quantitative estimate of drug-likeness (QED) is 0.630. The summed E-state index contributed by atoms with van der Waals surface area (Å²) < 4.78 is 6.02. The molecular formula is C13H15BrN2O5. The Bertz CT molecular complexity index is 535. The van der Waals surface area contributed by atoms with E-state index in [0.717, 1.165) is 4.47 Å². The lowest BCUT2D eigenvalue weighted by Crippen LogP contribution is -2.43. The summed E-state index contributed by atoms with van der Waals surface area (Å²) >= 11 is 3.26. The Hall–Kier alpha value is -2.09. The molecule has 0 radical (unpaired) electrons. The molecule has 0 aromatic heterocycles. The average Bonchev–Trinajstić information content (AvgIpc) is 2.40. The van der Waals surface area contributed by atoms with Gasteiger partial charge in [-0.1, -0.05) is 22.0 Å². The van der Waals surface area contributed by atoms with Crippen molar-refractivity contribution < 1.29 is 24.2 Å². The van der Waals surface area contributed by atoms with E-state index in [2.05, 4.69) is 21.2 Å². The number of ether oxygens (including phenoxy) is 1. The lowest BCUT2D eigenvalue weighted by atomic mass is 10.1. The van der Waals surface area contributed by atoms with Crippen LogP contribution in [0.1, 0.15) is 12.8 Å². The summed E-state index contributed by atoms with van der Waals surface area (Å²) in [6.45, 7) is -0.323. The van der Waals surface area contributed by atoms with Gasteiger partial charge in [0.15, 0.2) is 6.61 Å². The minimum atomic E-state index is -1.23. The Kier molecular flexibility index (Phi) is 6.67. The number of hydrogen-bond acceptors (Lipinski definition) is 4. The van der Waals surface area contributed by atoms with E-state index in [1.54, 1.807) is 24.3 Å². The van der Waals surface area contributed by atoms with Crippen molar-refractivity contribution in [3.05, 3.63) is 28.7 Å². The van der Waals surface area contributed by atoms with Gasteiger partial charge in [-0.15, -0.1) is 0 Å². The summed E-state index contributed by atoms with van der Waals surface area (Å²) in [5, 5.41) is 11.2. The monoisotopic (exact) mass is 358 g/mol. The van der Waals surface area contributed by atoms with Crippen LogP contribution in [0.2, 0.25) is 0 Å². The summed E-state index contributed by atoms with van der Waals surface area (Å²) in [5.74, 6) is -1.97. The molecule has 4 N–H and O–H groups in total. The number of aliphatic carboxylic acids is 1. The van der Waals surface area contributed by atoms with Crippen LogP contribution in [0.5, 0.6) is 5.75 Å². The zero-order chi connectivity index (χ0) is 15.8. The SMILES string of the molecule is NC(=O)CCC(NC(=O)COc1cccc(Br)c1)C(=O)O. The van der Waals surface area contributed by atoms with Crippen LogP contribution in [0.25, 0.3) is 0 Å². The molecule has 2 amide bonds. The fraction of sp³-hybridized carbons (Fsp3) is 0.308. The third-order valence-corrected chi connectivity index (χ3v) is 2.97. The summed E-state index contributed by atoms with van der Waals surface area (Å²) in [5.41, 5.74) is 4.95. The highest BCUT2D eigenvalue weighted by molar-refractivity contribution is 9.10. The fourth-order valence-electron chi connectivity index (χ4n) is 1.49. The maximum atomic E-state index is 11.6. The Labute approximate surface area is 129 Å². The number of hydrogen-bond donors (Lipinski definition) is 3. The predicted octanol–water partition coefficient (Wildman–Crippen LogP) is 0.663. The molecule has 0 saturated heterocycles. The lowest BCUT2D eigenvalue weighted by Gasteiger charge is -2.14. The van der Waals surface area contributed by atoms with Gasteiger partial charge in [-0.2, -0.15) is 0 Å². The third kappa shape index (κ3) is 6.75. The number of primary amides is 1. The first-order chi connectivity index (χ1) is 9.88. The van der Waals surface area contributed by atoms with E-state index in [1.165, 1.54) is 0 Å². The van der Waals surface area contributed by atoms with Crippen LogP contribution in [0.4, 0.5) is 0 Å². The van der Waals surface area contributed by atoms with Crippen molar-refractivity contribution in [1.29, 1.82) is 0 Å². The van der Waals surface area contributed by atoms with Crippen molar-refractivity contribution in [2.24, 2.45) is 5.73 Å². The molecule has 0 bridgehead atoms. The second kappa shape index (κ2) is 8.25. The molecule has 0 aliphatic rings. The molecular weight excluding hydrogens is 344 g/mol. The third-order valence-electron chi connectivity index (χ3n) is 2.48. The van der Waals surface area contributed by atoms with Gasteiger partial charge >= 0.3 is 5.97 Å². The van der Waals surface area contributed by atoms with Crippen molar-refractivity contribution in [3.63, 3.8) is 0 Å². The minimum absolute atomic E-state index is 0.0622. The van der Waals surface area contributed by atoms with E-state index in [9.17, 15) is 14.4 Å². The first kappa shape index (κ1) is 17.0. The zero-order valence-corrected chi connectivity index (χ0v) is 12.6. The lowest BCUT2D eigenvalue weighted by molar-refractivity contribution is -0.142. The van der Waals surface area contributed by atoms with Gasteiger partial charge in [-0.05, 0) is 24.6 Å². The fourth-order valence-corrected chi connectivity index (χ4v) is 1.86. The largest absolute Gasteiger partial charge is 0.484 e. The topological polar surface area (TPSA) is 119 Å². The van der Waals surface area contributed by atoms with Crippen molar-refractivity contribution in [1.82, 2.24) is 5.32 Å². The van der Waals surface area contributed by atoms with E-state index >= 15 is 0 Å². The van der Waals surface area contributed by atoms with Gasteiger partial charge in [-0.3, -0.25) is 9.59 Å². The molecule has 1 aromatic carbocycles. The molecule has 1 aromatic rings. The normalized spacial score (nSPS) is 11.5. The molecule has 114 valence electrons. The van der Waals surface area contributed by atoms with E-state index in [1.807, 2.05) is 0 Å². The van der Waals surface area contributed by atoms with Gasteiger partial charge in [0.05, 0.1) is 0 Å². The molecule has 1 unspecified atom stereocenters.